The van der Waals surface area contributed by atoms with Gasteiger partial charge in [-0.05, 0) is 108 Å². The number of aryl methyl sites for hydroxylation is 3. The highest BCUT2D eigenvalue weighted by Gasteiger charge is 2.43. The lowest BCUT2D eigenvalue weighted by atomic mass is 9.71. The fourth-order valence-corrected chi connectivity index (χ4v) is 8.83. The molecule has 0 aliphatic heterocycles. The summed E-state index contributed by atoms with van der Waals surface area (Å²) < 4.78 is 2.31. The van der Waals surface area contributed by atoms with Gasteiger partial charge in [-0.1, -0.05) is 92.9 Å². The second-order valence-electron chi connectivity index (χ2n) is 13.7. The topological polar surface area (TPSA) is 32.0 Å². The first kappa shape index (κ1) is 30.0. The molecule has 0 spiro atoms. The SMILES string of the molecule is CCCC1(CCC)c2cc(C)ccc2-c2c1cc(N(c1ccccc1)c1cccc3c1c1ccccc1n3C)c1cc(C)c(C#N)cc21. The minimum Gasteiger partial charge on any atom is -0.344 e. The van der Waals surface area contributed by atoms with Crippen molar-refractivity contribution < 1.29 is 0 Å². The summed E-state index contributed by atoms with van der Waals surface area (Å²) >= 11 is 0. The molecule has 0 fully saturated rings. The van der Waals surface area contributed by atoms with E-state index in [0.717, 1.165) is 59.3 Å². The zero-order valence-corrected chi connectivity index (χ0v) is 28.6. The third-order valence-corrected chi connectivity index (χ3v) is 10.8. The number of nitriles is 1. The van der Waals surface area contributed by atoms with Gasteiger partial charge in [-0.15, -0.1) is 0 Å². The van der Waals surface area contributed by atoms with Gasteiger partial charge in [-0.25, -0.2) is 0 Å². The van der Waals surface area contributed by atoms with Crippen LogP contribution in [-0.2, 0) is 12.5 Å². The first-order chi connectivity index (χ1) is 23.4. The van der Waals surface area contributed by atoms with Gasteiger partial charge in [0.2, 0.25) is 0 Å². The molecule has 1 aromatic heterocycles. The molecule has 0 unspecified atom stereocenters. The first-order valence-electron chi connectivity index (χ1n) is 17.4. The highest BCUT2D eigenvalue weighted by molar-refractivity contribution is 6.18. The number of hydrogen-bond acceptors (Lipinski definition) is 2. The maximum absolute atomic E-state index is 10.3. The molecule has 3 heteroatoms. The van der Waals surface area contributed by atoms with Gasteiger partial charge in [0.05, 0.1) is 28.5 Å². The number of nitrogens with zero attached hydrogens (tertiary/aromatic N) is 3. The van der Waals surface area contributed by atoms with E-state index in [4.69, 9.17) is 0 Å². The molecule has 1 aliphatic carbocycles. The molecule has 1 aliphatic rings. The summed E-state index contributed by atoms with van der Waals surface area (Å²) in [6, 6.07) is 42.8. The summed E-state index contributed by atoms with van der Waals surface area (Å²) in [6.45, 7) is 8.93. The van der Waals surface area contributed by atoms with Gasteiger partial charge in [-0.3, -0.25) is 0 Å². The molecule has 236 valence electrons. The van der Waals surface area contributed by atoms with E-state index >= 15 is 0 Å². The average Bonchev–Trinajstić information content (AvgIpc) is 3.54. The molecule has 8 rings (SSSR count). The Morgan fingerprint density at radius 2 is 1.42 bits per heavy atom. The van der Waals surface area contributed by atoms with Crippen LogP contribution in [0.15, 0.2) is 109 Å². The Bertz CT molecular complexity index is 2420. The van der Waals surface area contributed by atoms with Crippen LogP contribution in [-0.4, -0.2) is 4.57 Å². The Balaban J connectivity index is 1.56. The summed E-state index contributed by atoms with van der Waals surface area (Å²) in [6.07, 6.45) is 4.34. The van der Waals surface area contributed by atoms with Crippen LogP contribution in [0.1, 0.15) is 67.3 Å². The first-order valence-corrected chi connectivity index (χ1v) is 17.4. The lowest BCUT2D eigenvalue weighted by Gasteiger charge is -2.34. The van der Waals surface area contributed by atoms with Crippen molar-refractivity contribution in [1.29, 1.82) is 5.26 Å². The predicted octanol–water partition coefficient (Wildman–Crippen LogP) is 12.3. The molecule has 7 aromatic rings. The second-order valence-corrected chi connectivity index (χ2v) is 13.7. The number of para-hydroxylation sites is 2. The van der Waals surface area contributed by atoms with Crippen molar-refractivity contribution in [3.8, 4) is 17.2 Å². The van der Waals surface area contributed by atoms with Crippen LogP contribution in [0.25, 0.3) is 43.7 Å². The van der Waals surface area contributed by atoms with Gasteiger partial charge in [0.25, 0.3) is 0 Å². The van der Waals surface area contributed by atoms with Crippen molar-refractivity contribution in [2.45, 2.75) is 58.8 Å². The Morgan fingerprint density at radius 1 is 0.688 bits per heavy atom. The zero-order valence-electron chi connectivity index (χ0n) is 28.6. The summed E-state index contributed by atoms with van der Waals surface area (Å²) in [5.74, 6) is 0. The Morgan fingerprint density at radius 3 is 2.17 bits per heavy atom. The Labute approximate surface area is 283 Å². The van der Waals surface area contributed by atoms with Crippen LogP contribution in [0.4, 0.5) is 17.1 Å². The highest BCUT2D eigenvalue weighted by atomic mass is 15.1. The van der Waals surface area contributed by atoms with Crippen LogP contribution >= 0.6 is 0 Å². The summed E-state index contributed by atoms with van der Waals surface area (Å²) in [4.78, 5) is 2.49. The number of fused-ring (bicyclic) bond motifs is 8. The van der Waals surface area contributed by atoms with E-state index in [1.807, 2.05) is 0 Å². The molecule has 0 radical (unpaired) electrons. The van der Waals surface area contributed by atoms with Gasteiger partial charge in [-0.2, -0.15) is 5.26 Å². The number of rotatable bonds is 7. The van der Waals surface area contributed by atoms with Crippen molar-refractivity contribution in [2.24, 2.45) is 7.05 Å². The molecule has 48 heavy (non-hydrogen) atoms. The molecular weight excluding hydrogens is 583 g/mol. The van der Waals surface area contributed by atoms with E-state index in [9.17, 15) is 5.26 Å². The third kappa shape index (κ3) is 4.25. The van der Waals surface area contributed by atoms with Gasteiger partial charge < -0.3 is 9.47 Å². The van der Waals surface area contributed by atoms with E-state index < -0.39 is 0 Å². The number of anilines is 3. The lowest BCUT2D eigenvalue weighted by molar-refractivity contribution is 0.436. The van der Waals surface area contributed by atoms with Gasteiger partial charge in [0.15, 0.2) is 0 Å². The quantitative estimate of drug-likeness (QED) is 0.177. The second kappa shape index (κ2) is 11.4. The normalized spacial score (nSPS) is 13.2. The van der Waals surface area contributed by atoms with E-state index in [0.29, 0.717) is 0 Å². The smallest absolute Gasteiger partial charge is 0.0994 e. The maximum atomic E-state index is 10.3. The highest BCUT2D eigenvalue weighted by Crippen LogP contribution is 2.58. The minimum absolute atomic E-state index is 0.103. The van der Waals surface area contributed by atoms with E-state index in [2.05, 4.69) is 159 Å². The summed E-state index contributed by atoms with van der Waals surface area (Å²) in [7, 11) is 2.17. The standard InChI is InChI=1S/C45H41N3/c1-6-22-45(23-7-2)37-24-29(3)20-21-33(37)43-36-26-31(28-46)30(4)25-35(36)42(27-38(43)45)48(32-14-9-8-10-15-32)41-19-13-18-40-44(41)34-16-11-12-17-39(34)47(40)5/h8-21,24-27H,6-7,22-23H2,1-5H3. The molecule has 6 aromatic carbocycles. The fourth-order valence-electron chi connectivity index (χ4n) is 8.83. The van der Waals surface area contributed by atoms with Crippen molar-refractivity contribution in [3.05, 3.63) is 137 Å². The van der Waals surface area contributed by atoms with Gasteiger partial charge in [0, 0.05) is 39.8 Å². The monoisotopic (exact) mass is 623 g/mol. The zero-order chi connectivity index (χ0) is 33.2. The molecular formula is C45H41N3. The maximum Gasteiger partial charge on any atom is 0.0994 e. The fraction of sp³-hybridized carbons (Fsp3) is 0.222. The van der Waals surface area contributed by atoms with E-state index in [1.165, 1.54) is 55.0 Å². The predicted molar refractivity (Wildman–Crippen MR) is 203 cm³/mol. The van der Waals surface area contributed by atoms with Crippen LogP contribution in [0.2, 0.25) is 0 Å². The van der Waals surface area contributed by atoms with Crippen molar-refractivity contribution >= 4 is 49.6 Å². The molecule has 0 N–H and O–H groups in total. The average molecular weight is 624 g/mol. The van der Waals surface area contributed by atoms with E-state index in [1.54, 1.807) is 0 Å². The molecule has 0 saturated heterocycles. The lowest BCUT2D eigenvalue weighted by Crippen LogP contribution is -2.25. The van der Waals surface area contributed by atoms with Crippen molar-refractivity contribution in [2.75, 3.05) is 4.90 Å². The molecule has 1 heterocycles. The minimum atomic E-state index is -0.103. The third-order valence-electron chi connectivity index (χ3n) is 10.8. The number of aromatic nitrogens is 1. The van der Waals surface area contributed by atoms with E-state index in [-0.39, 0.29) is 5.41 Å². The molecule has 0 saturated carbocycles. The number of hydrogen-bond donors (Lipinski definition) is 0. The van der Waals surface area contributed by atoms with Crippen molar-refractivity contribution in [3.63, 3.8) is 0 Å². The Hall–Kier alpha value is -5.33. The Kier molecular flexibility index (Phi) is 7.15. The molecule has 0 bridgehead atoms. The van der Waals surface area contributed by atoms with Crippen molar-refractivity contribution in [1.82, 2.24) is 4.57 Å². The van der Waals surface area contributed by atoms with Gasteiger partial charge in [0.1, 0.15) is 0 Å². The van der Waals surface area contributed by atoms with Crippen LogP contribution in [0.5, 0.6) is 0 Å². The van der Waals surface area contributed by atoms with Crippen LogP contribution < -0.4 is 4.90 Å². The number of benzene rings is 6. The van der Waals surface area contributed by atoms with Crippen LogP contribution in [0.3, 0.4) is 0 Å². The molecule has 0 atom stereocenters. The largest absolute Gasteiger partial charge is 0.344 e. The summed E-state index contributed by atoms with van der Waals surface area (Å²) in [5.41, 5.74) is 14.2. The molecule has 0 amide bonds. The van der Waals surface area contributed by atoms with Gasteiger partial charge >= 0.3 is 0 Å². The molecule has 3 nitrogen and oxygen atoms in total. The van der Waals surface area contributed by atoms with Crippen LogP contribution in [0, 0.1) is 25.2 Å². The summed E-state index contributed by atoms with van der Waals surface area (Å²) in [5, 5.41) is 15.1.